The first-order valence-electron chi connectivity index (χ1n) is 5.32. The number of hydrogen-bond acceptors (Lipinski definition) is 2. The van der Waals surface area contributed by atoms with Crippen molar-refractivity contribution in [2.75, 3.05) is 0 Å². The number of Topliss-reactive ketones (excluding diaryl/α,β-unsaturated/α-hetero) is 1. The molecule has 0 bridgehead atoms. The van der Waals surface area contributed by atoms with E-state index in [-0.39, 0.29) is 11.4 Å². The van der Waals surface area contributed by atoms with E-state index in [4.69, 9.17) is 4.74 Å². The summed E-state index contributed by atoms with van der Waals surface area (Å²) in [6, 6.07) is 0. The van der Waals surface area contributed by atoms with Gasteiger partial charge in [0, 0.05) is 0 Å². The molecule has 0 fully saturated rings. The first-order valence-corrected chi connectivity index (χ1v) is 5.32. The molecule has 15 heavy (non-hydrogen) atoms. The fourth-order valence-corrected chi connectivity index (χ4v) is 1.54. The molecular formula is C13H20O2. The van der Waals surface area contributed by atoms with Crippen LogP contribution in [0.5, 0.6) is 0 Å². The number of carbonyl (C=O) groups is 1. The molecule has 0 radical (unpaired) electrons. The lowest BCUT2D eigenvalue weighted by molar-refractivity contribution is -0.153. The highest BCUT2D eigenvalue weighted by Crippen LogP contribution is 2.29. The topological polar surface area (TPSA) is 26.3 Å². The Morgan fingerprint density at radius 1 is 1.53 bits per heavy atom. The molecule has 0 spiro atoms. The summed E-state index contributed by atoms with van der Waals surface area (Å²) in [5.74, 6) is 0.0587. The van der Waals surface area contributed by atoms with Crippen LogP contribution in [0.3, 0.4) is 0 Å². The zero-order valence-electron chi connectivity index (χ0n) is 10.3. The van der Waals surface area contributed by atoms with Crippen molar-refractivity contribution in [3.05, 3.63) is 23.8 Å². The molecule has 0 aromatic carbocycles. The second-order valence-electron chi connectivity index (χ2n) is 4.97. The van der Waals surface area contributed by atoms with Gasteiger partial charge in [0.05, 0.1) is 5.60 Å². The molecule has 0 saturated heterocycles. The molecule has 1 aliphatic carbocycles. The van der Waals surface area contributed by atoms with E-state index in [1.54, 1.807) is 6.92 Å². The van der Waals surface area contributed by atoms with E-state index in [0.717, 1.165) is 6.42 Å². The second kappa shape index (κ2) is 3.93. The van der Waals surface area contributed by atoms with Gasteiger partial charge in [-0.1, -0.05) is 23.8 Å². The lowest BCUT2D eigenvalue weighted by atomic mass is 9.92. The SMILES string of the molecule is CC(=O)C(C)(C)OC1(C)C=CC(C)=CC1. The molecule has 0 heterocycles. The highest BCUT2D eigenvalue weighted by atomic mass is 16.5. The van der Waals surface area contributed by atoms with E-state index in [1.165, 1.54) is 5.57 Å². The maximum Gasteiger partial charge on any atom is 0.161 e. The van der Waals surface area contributed by atoms with Crippen molar-refractivity contribution >= 4 is 5.78 Å². The summed E-state index contributed by atoms with van der Waals surface area (Å²) in [6.45, 7) is 9.28. The average molecular weight is 208 g/mol. The van der Waals surface area contributed by atoms with Crippen molar-refractivity contribution in [3.8, 4) is 0 Å². The molecule has 1 atom stereocenters. The van der Waals surface area contributed by atoms with Crippen molar-refractivity contribution in [2.45, 2.75) is 52.2 Å². The van der Waals surface area contributed by atoms with E-state index >= 15 is 0 Å². The average Bonchev–Trinajstić information content (AvgIpc) is 2.09. The Hall–Kier alpha value is -0.890. The smallest absolute Gasteiger partial charge is 0.161 e. The molecule has 84 valence electrons. The van der Waals surface area contributed by atoms with E-state index in [1.807, 2.05) is 32.9 Å². The summed E-state index contributed by atoms with van der Waals surface area (Å²) in [4.78, 5) is 11.4. The summed E-state index contributed by atoms with van der Waals surface area (Å²) < 4.78 is 5.90. The van der Waals surface area contributed by atoms with Gasteiger partial charge in [0.1, 0.15) is 5.60 Å². The Morgan fingerprint density at radius 2 is 2.13 bits per heavy atom. The lowest BCUT2D eigenvalue weighted by Gasteiger charge is -2.36. The zero-order chi connectivity index (χ0) is 11.7. The van der Waals surface area contributed by atoms with Crippen LogP contribution in [-0.4, -0.2) is 17.0 Å². The predicted molar refractivity (Wildman–Crippen MR) is 61.8 cm³/mol. The minimum atomic E-state index is -0.710. The molecule has 0 saturated carbocycles. The maximum atomic E-state index is 11.4. The number of allylic oxidation sites excluding steroid dienone is 2. The second-order valence-corrected chi connectivity index (χ2v) is 4.97. The van der Waals surface area contributed by atoms with E-state index < -0.39 is 5.60 Å². The Balaban J connectivity index is 2.75. The first kappa shape index (κ1) is 12.2. The van der Waals surface area contributed by atoms with Crippen molar-refractivity contribution in [3.63, 3.8) is 0 Å². The number of carbonyl (C=O) groups excluding carboxylic acids is 1. The van der Waals surface area contributed by atoms with Crippen LogP contribution in [0.25, 0.3) is 0 Å². The minimum absolute atomic E-state index is 0.0587. The van der Waals surface area contributed by atoms with Crippen molar-refractivity contribution in [1.29, 1.82) is 0 Å². The fraction of sp³-hybridized carbons (Fsp3) is 0.615. The molecule has 0 amide bonds. The van der Waals surface area contributed by atoms with Gasteiger partial charge >= 0.3 is 0 Å². The van der Waals surface area contributed by atoms with Crippen molar-refractivity contribution in [2.24, 2.45) is 0 Å². The normalized spacial score (nSPS) is 26.3. The van der Waals surface area contributed by atoms with Crippen LogP contribution in [0, 0.1) is 0 Å². The van der Waals surface area contributed by atoms with Crippen molar-refractivity contribution in [1.82, 2.24) is 0 Å². The minimum Gasteiger partial charge on any atom is -0.357 e. The lowest BCUT2D eigenvalue weighted by Crippen LogP contribution is -2.42. The van der Waals surface area contributed by atoms with E-state index in [0.29, 0.717) is 0 Å². The Morgan fingerprint density at radius 3 is 2.53 bits per heavy atom. The number of rotatable bonds is 3. The van der Waals surface area contributed by atoms with Gasteiger partial charge in [0.15, 0.2) is 5.78 Å². The molecule has 0 aromatic rings. The quantitative estimate of drug-likeness (QED) is 0.712. The summed E-state index contributed by atoms with van der Waals surface area (Å²) >= 11 is 0. The summed E-state index contributed by atoms with van der Waals surface area (Å²) in [6.07, 6.45) is 7.04. The van der Waals surface area contributed by atoms with Crippen LogP contribution in [0.2, 0.25) is 0 Å². The molecule has 1 unspecified atom stereocenters. The zero-order valence-corrected chi connectivity index (χ0v) is 10.3. The largest absolute Gasteiger partial charge is 0.357 e. The molecule has 1 rings (SSSR count). The molecule has 1 aliphatic rings. The van der Waals surface area contributed by atoms with Crippen LogP contribution < -0.4 is 0 Å². The molecule has 2 heteroatoms. The van der Waals surface area contributed by atoms with Gasteiger partial charge in [0.2, 0.25) is 0 Å². The Labute approximate surface area is 92.0 Å². The Kier molecular flexibility index (Phi) is 3.19. The monoisotopic (exact) mass is 208 g/mol. The first-order chi connectivity index (χ1) is 6.75. The van der Waals surface area contributed by atoms with Gasteiger partial charge in [0.25, 0.3) is 0 Å². The van der Waals surface area contributed by atoms with Gasteiger partial charge in [-0.3, -0.25) is 4.79 Å². The fourth-order valence-electron chi connectivity index (χ4n) is 1.54. The maximum absolute atomic E-state index is 11.4. The van der Waals surface area contributed by atoms with Crippen LogP contribution >= 0.6 is 0 Å². The number of hydrogen-bond donors (Lipinski definition) is 0. The van der Waals surface area contributed by atoms with Gasteiger partial charge in [-0.15, -0.1) is 0 Å². The van der Waals surface area contributed by atoms with Crippen LogP contribution in [-0.2, 0) is 9.53 Å². The van der Waals surface area contributed by atoms with Crippen LogP contribution in [0.15, 0.2) is 23.8 Å². The van der Waals surface area contributed by atoms with Crippen LogP contribution in [0.4, 0.5) is 0 Å². The van der Waals surface area contributed by atoms with Gasteiger partial charge in [-0.2, -0.15) is 0 Å². The van der Waals surface area contributed by atoms with Crippen LogP contribution in [0.1, 0.15) is 41.0 Å². The summed E-state index contributed by atoms with van der Waals surface area (Å²) in [5, 5.41) is 0. The molecule has 0 aliphatic heterocycles. The van der Waals surface area contributed by atoms with E-state index in [9.17, 15) is 4.79 Å². The van der Waals surface area contributed by atoms with Gasteiger partial charge in [-0.25, -0.2) is 0 Å². The summed E-state index contributed by atoms with van der Waals surface area (Å²) in [7, 11) is 0. The third-order valence-corrected chi connectivity index (χ3v) is 2.86. The molecule has 0 aromatic heterocycles. The van der Waals surface area contributed by atoms with E-state index in [2.05, 4.69) is 13.0 Å². The number of ketones is 1. The third-order valence-electron chi connectivity index (χ3n) is 2.86. The number of ether oxygens (including phenoxy) is 1. The standard InChI is InChI=1S/C13H20O2/c1-10-6-8-13(5,9-7-10)15-12(3,4)11(2)14/h6-8H,9H2,1-5H3. The highest BCUT2D eigenvalue weighted by molar-refractivity contribution is 5.84. The summed E-state index contributed by atoms with van der Waals surface area (Å²) in [5.41, 5.74) is 0.184. The molecular weight excluding hydrogens is 188 g/mol. The Bertz CT molecular complexity index is 323. The van der Waals surface area contributed by atoms with Gasteiger partial charge < -0.3 is 4.74 Å². The highest BCUT2D eigenvalue weighted by Gasteiger charge is 2.34. The van der Waals surface area contributed by atoms with Crippen molar-refractivity contribution < 1.29 is 9.53 Å². The molecule has 2 nitrogen and oxygen atoms in total. The van der Waals surface area contributed by atoms with Gasteiger partial charge in [-0.05, 0) is 41.0 Å². The predicted octanol–water partition coefficient (Wildman–Crippen LogP) is 3.04. The third kappa shape index (κ3) is 3.03. The molecule has 0 N–H and O–H groups in total.